The van der Waals surface area contributed by atoms with Crippen LogP contribution >= 0.6 is 0 Å². The number of benzene rings is 4. The lowest BCUT2D eigenvalue weighted by molar-refractivity contribution is 0.379. The predicted octanol–water partition coefficient (Wildman–Crippen LogP) is 5.23. The highest BCUT2D eigenvalue weighted by Gasteiger charge is 2.30. The van der Waals surface area contributed by atoms with Gasteiger partial charge in [0, 0.05) is 7.05 Å². The molecule has 1 heterocycles. The Hall–Kier alpha value is -3.81. The van der Waals surface area contributed by atoms with Crippen molar-refractivity contribution in [1.29, 1.82) is 0 Å². The Morgan fingerprint density at radius 3 is 2.29 bits per heavy atom. The molecule has 4 aromatic carbocycles. The molecule has 0 fully saturated rings. The van der Waals surface area contributed by atoms with E-state index in [1.165, 1.54) is 15.9 Å². The Balaban J connectivity index is 1.68. The van der Waals surface area contributed by atoms with Crippen LogP contribution in [-0.2, 0) is 10.0 Å². The molecule has 0 bridgehead atoms. The standard InChI is InChI=1S/C28H25N3O3S/c1-19-10-4-9-15-26(19)31-27(29-25-14-8-7-13-24(25)28(31)32)20(2)30(3)35(33,34)23-17-16-21-11-5-6-12-22(21)18-23/h4-18,20H,1-3H3. The van der Waals surface area contributed by atoms with E-state index in [1.54, 1.807) is 43.3 Å². The minimum atomic E-state index is -3.88. The normalized spacial score (nSPS) is 12.9. The highest BCUT2D eigenvalue weighted by atomic mass is 32.2. The second kappa shape index (κ2) is 8.76. The summed E-state index contributed by atoms with van der Waals surface area (Å²) >= 11 is 0. The van der Waals surface area contributed by atoms with Gasteiger partial charge in [0.05, 0.1) is 27.5 Å². The summed E-state index contributed by atoms with van der Waals surface area (Å²) in [5.41, 5.74) is 1.86. The first-order valence-electron chi connectivity index (χ1n) is 11.3. The molecule has 1 atom stereocenters. The zero-order valence-electron chi connectivity index (χ0n) is 19.7. The monoisotopic (exact) mass is 483 g/mol. The van der Waals surface area contributed by atoms with E-state index in [0.717, 1.165) is 16.3 Å². The summed E-state index contributed by atoms with van der Waals surface area (Å²) in [4.78, 5) is 18.6. The largest absolute Gasteiger partial charge is 0.268 e. The predicted molar refractivity (Wildman–Crippen MR) is 139 cm³/mol. The van der Waals surface area contributed by atoms with Crippen LogP contribution in [0.4, 0.5) is 0 Å². The SMILES string of the molecule is Cc1ccccc1-n1c(C(C)N(C)S(=O)(=O)c2ccc3ccccc3c2)nc2ccccc2c1=O. The van der Waals surface area contributed by atoms with E-state index in [1.807, 2.05) is 61.5 Å². The highest BCUT2D eigenvalue weighted by molar-refractivity contribution is 7.89. The van der Waals surface area contributed by atoms with Crippen molar-refractivity contribution in [2.24, 2.45) is 0 Å². The van der Waals surface area contributed by atoms with Crippen LogP contribution in [0, 0.1) is 6.92 Å². The maximum Gasteiger partial charge on any atom is 0.266 e. The van der Waals surface area contributed by atoms with Gasteiger partial charge in [-0.3, -0.25) is 9.36 Å². The van der Waals surface area contributed by atoms with Gasteiger partial charge >= 0.3 is 0 Å². The number of para-hydroxylation sites is 2. The second-order valence-electron chi connectivity index (χ2n) is 8.62. The highest BCUT2D eigenvalue weighted by Crippen LogP contribution is 2.29. The summed E-state index contributed by atoms with van der Waals surface area (Å²) in [6, 6.07) is 26.7. The number of fused-ring (bicyclic) bond motifs is 2. The maximum absolute atomic E-state index is 13.7. The van der Waals surface area contributed by atoms with E-state index in [0.29, 0.717) is 22.4 Å². The van der Waals surface area contributed by atoms with Gasteiger partial charge in [-0.25, -0.2) is 13.4 Å². The maximum atomic E-state index is 13.7. The van der Waals surface area contributed by atoms with Gasteiger partial charge in [-0.15, -0.1) is 0 Å². The first kappa shape index (κ1) is 23.0. The molecule has 0 spiro atoms. The van der Waals surface area contributed by atoms with E-state index >= 15 is 0 Å². The summed E-state index contributed by atoms with van der Waals surface area (Å²) in [7, 11) is -2.35. The molecule has 7 heteroatoms. The minimum Gasteiger partial charge on any atom is -0.268 e. The summed E-state index contributed by atoms with van der Waals surface area (Å²) in [6.45, 7) is 3.67. The van der Waals surface area contributed by atoms with E-state index in [2.05, 4.69) is 0 Å². The lowest BCUT2D eigenvalue weighted by Gasteiger charge is -2.27. The molecule has 176 valence electrons. The van der Waals surface area contributed by atoms with Crippen LogP contribution in [0.15, 0.2) is 101 Å². The van der Waals surface area contributed by atoms with Crippen molar-refractivity contribution in [2.75, 3.05) is 7.05 Å². The van der Waals surface area contributed by atoms with Gasteiger partial charge in [-0.1, -0.05) is 60.7 Å². The average molecular weight is 484 g/mol. The van der Waals surface area contributed by atoms with Gasteiger partial charge in [0.15, 0.2) is 0 Å². The smallest absolute Gasteiger partial charge is 0.266 e. The third-order valence-electron chi connectivity index (χ3n) is 6.48. The quantitative estimate of drug-likeness (QED) is 0.343. The molecule has 0 aliphatic rings. The van der Waals surface area contributed by atoms with E-state index in [-0.39, 0.29) is 10.5 Å². The molecule has 0 aliphatic carbocycles. The molecule has 5 rings (SSSR count). The molecule has 0 radical (unpaired) electrons. The van der Waals surface area contributed by atoms with Gasteiger partial charge < -0.3 is 0 Å². The Labute approximate surface area is 204 Å². The van der Waals surface area contributed by atoms with Crippen LogP contribution < -0.4 is 5.56 Å². The fourth-order valence-corrected chi connectivity index (χ4v) is 5.70. The molecule has 0 aliphatic heterocycles. The summed E-state index contributed by atoms with van der Waals surface area (Å²) in [5.74, 6) is 0.356. The number of nitrogens with zero attached hydrogens (tertiary/aromatic N) is 3. The van der Waals surface area contributed by atoms with Gasteiger partial charge in [0.25, 0.3) is 5.56 Å². The van der Waals surface area contributed by atoms with Crippen LogP contribution in [0.3, 0.4) is 0 Å². The van der Waals surface area contributed by atoms with Crippen molar-refractivity contribution in [1.82, 2.24) is 13.9 Å². The molecule has 0 amide bonds. The fraction of sp³-hybridized carbons (Fsp3) is 0.143. The van der Waals surface area contributed by atoms with E-state index in [4.69, 9.17) is 4.98 Å². The Morgan fingerprint density at radius 2 is 1.51 bits per heavy atom. The molecule has 1 aromatic heterocycles. The fourth-order valence-electron chi connectivity index (χ4n) is 4.34. The number of aromatic nitrogens is 2. The molecule has 0 saturated carbocycles. The summed E-state index contributed by atoms with van der Waals surface area (Å²) in [6.07, 6.45) is 0. The van der Waals surface area contributed by atoms with E-state index in [9.17, 15) is 13.2 Å². The molecular weight excluding hydrogens is 458 g/mol. The van der Waals surface area contributed by atoms with Crippen molar-refractivity contribution in [2.45, 2.75) is 24.8 Å². The van der Waals surface area contributed by atoms with Crippen molar-refractivity contribution in [3.63, 3.8) is 0 Å². The van der Waals surface area contributed by atoms with Crippen molar-refractivity contribution >= 4 is 31.7 Å². The summed E-state index contributed by atoms with van der Waals surface area (Å²) in [5, 5.41) is 2.29. The number of rotatable bonds is 5. The van der Waals surface area contributed by atoms with Gasteiger partial charge in [0.2, 0.25) is 10.0 Å². The molecule has 0 N–H and O–H groups in total. The van der Waals surface area contributed by atoms with E-state index < -0.39 is 16.1 Å². The lowest BCUT2D eigenvalue weighted by atomic mass is 10.1. The van der Waals surface area contributed by atoms with Crippen LogP contribution in [0.5, 0.6) is 0 Å². The Kier molecular flexibility index (Phi) is 5.75. The third kappa shape index (κ3) is 3.92. The van der Waals surface area contributed by atoms with Crippen molar-refractivity contribution in [3.05, 3.63) is 113 Å². The topological polar surface area (TPSA) is 72.3 Å². The van der Waals surface area contributed by atoms with Crippen LogP contribution in [0.2, 0.25) is 0 Å². The number of sulfonamides is 1. The number of aryl methyl sites for hydroxylation is 1. The minimum absolute atomic E-state index is 0.191. The zero-order chi connectivity index (χ0) is 24.7. The van der Waals surface area contributed by atoms with Crippen LogP contribution in [-0.4, -0.2) is 29.3 Å². The van der Waals surface area contributed by atoms with Crippen molar-refractivity contribution in [3.8, 4) is 5.69 Å². The third-order valence-corrected chi connectivity index (χ3v) is 8.40. The lowest BCUT2D eigenvalue weighted by Crippen LogP contribution is -2.35. The van der Waals surface area contributed by atoms with Crippen molar-refractivity contribution < 1.29 is 8.42 Å². The Morgan fingerprint density at radius 1 is 0.857 bits per heavy atom. The Bertz CT molecular complexity index is 1740. The molecular formula is C28H25N3O3S. The van der Waals surface area contributed by atoms with Gasteiger partial charge in [0.1, 0.15) is 5.82 Å². The molecule has 1 unspecified atom stereocenters. The molecule has 6 nitrogen and oxygen atoms in total. The number of hydrogen-bond donors (Lipinski definition) is 0. The first-order chi connectivity index (χ1) is 16.8. The number of hydrogen-bond acceptors (Lipinski definition) is 4. The van der Waals surface area contributed by atoms with Crippen LogP contribution in [0.1, 0.15) is 24.4 Å². The molecule has 35 heavy (non-hydrogen) atoms. The van der Waals surface area contributed by atoms with Gasteiger partial charge in [-0.2, -0.15) is 4.31 Å². The molecule has 5 aromatic rings. The first-order valence-corrected chi connectivity index (χ1v) is 12.8. The second-order valence-corrected chi connectivity index (χ2v) is 10.6. The van der Waals surface area contributed by atoms with Gasteiger partial charge in [-0.05, 0) is 60.5 Å². The summed E-state index contributed by atoms with van der Waals surface area (Å²) < 4.78 is 30.1. The van der Waals surface area contributed by atoms with Crippen LogP contribution in [0.25, 0.3) is 27.4 Å². The zero-order valence-corrected chi connectivity index (χ0v) is 20.5. The average Bonchev–Trinajstić information content (AvgIpc) is 2.88. The molecule has 0 saturated heterocycles.